The summed E-state index contributed by atoms with van der Waals surface area (Å²) in [7, 11) is 0. The van der Waals surface area contributed by atoms with Crippen molar-refractivity contribution in [1.29, 1.82) is 0 Å². The molecule has 5 heteroatoms. The number of hydrogen-bond donors (Lipinski definition) is 2. The number of aliphatic hydroxyl groups is 2. The van der Waals surface area contributed by atoms with Crippen LogP contribution in [0.5, 0.6) is 0 Å². The van der Waals surface area contributed by atoms with Crippen molar-refractivity contribution in [2.75, 3.05) is 6.61 Å². The van der Waals surface area contributed by atoms with Crippen molar-refractivity contribution in [2.45, 2.75) is 89.3 Å². The average molecular weight is 391 g/mol. The molecule has 0 aromatic carbocycles. The van der Waals surface area contributed by atoms with Crippen molar-refractivity contribution in [2.24, 2.45) is 22.7 Å². The summed E-state index contributed by atoms with van der Waals surface area (Å²) in [5, 5.41) is 23.2. The van der Waals surface area contributed by atoms with Crippen molar-refractivity contribution in [3.8, 4) is 0 Å². The molecule has 4 aliphatic rings. The van der Waals surface area contributed by atoms with E-state index in [1.54, 1.807) is 6.08 Å². The van der Waals surface area contributed by atoms with E-state index in [1.807, 2.05) is 6.92 Å². The third-order valence-electron chi connectivity index (χ3n) is 9.23. The predicted octanol–water partition coefficient (Wildman–Crippen LogP) is 3.32. The number of aldehydes is 1. The number of esters is 1. The van der Waals surface area contributed by atoms with Crippen LogP contribution in [0.15, 0.2) is 11.6 Å². The molecular weight excluding hydrogens is 356 g/mol. The van der Waals surface area contributed by atoms with Crippen LogP contribution < -0.4 is 0 Å². The minimum atomic E-state index is -0.964. The summed E-state index contributed by atoms with van der Waals surface area (Å²) in [6.45, 7) is 4.46. The second-order valence-corrected chi connectivity index (χ2v) is 10.1. The SMILES string of the molecule is CCC1(O)CCCCC1(C=O)C1CCC2(C)C(C3=CC(=O)OC3)CCC2(O)C1. The van der Waals surface area contributed by atoms with Crippen molar-refractivity contribution in [1.82, 2.24) is 0 Å². The van der Waals surface area contributed by atoms with E-state index in [9.17, 15) is 19.8 Å². The summed E-state index contributed by atoms with van der Waals surface area (Å²) < 4.78 is 5.13. The lowest BCUT2D eigenvalue weighted by Gasteiger charge is -2.57. The molecule has 6 atom stereocenters. The second kappa shape index (κ2) is 6.66. The molecular formula is C23H34O5. The normalized spacial score (nSPS) is 48.7. The summed E-state index contributed by atoms with van der Waals surface area (Å²) in [6.07, 6.45) is 10.2. The Bertz CT molecular complexity index is 701. The molecule has 3 fully saturated rings. The van der Waals surface area contributed by atoms with Gasteiger partial charge < -0.3 is 19.7 Å². The molecule has 3 saturated carbocycles. The molecule has 4 rings (SSSR count). The largest absolute Gasteiger partial charge is 0.458 e. The van der Waals surface area contributed by atoms with Crippen LogP contribution in [-0.4, -0.2) is 40.3 Å². The maximum absolute atomic E-state index is 12.4. The molecule has 28 heavy (non-hydrogen) atoms. The van der Waals surface area contributed by atoms with Gasteiger partial charge in [0.2, 0.25) is 0 Å². The van der Waals surface area contributed by atoms with Gasteiger partial charge in [-0.05, 0) is 68.8 Å². The van der Waals surface area contributed by atoms with Gasteiger partial charge in [-0.3, -0.25) is 0 Å². The van der Waals surface area contributed by atoms with Gasteiger partial charge in [0, 0.05) is 11.5 Å². The lowest BCUT2D eigenvalue weighted by Crippen LogP contribution is -2.60. The van der Waals surface area contributed by atoms with E-state index in [4.69, 9.17) is 4.74 Å². The fourth-order valence-corrected chi connectivity index (χ4v) is 7.32. The first-order valence-electron chi connectivity index (χ1n) is 11.0. The highest BCUT2D eigenvalue weighted by atomic mass is 16.5. The number of ether oxygens (including phenoxy) is 1. The molecule has 6 unspecified atom stereocenters. The topological polar surface area (TPSA) is 83.8 Å². The zero-order valence-electron chi connectivity index (χ0n) is 17.2. The molecule has 0 aromatic rings. The minimum Gasteiger partial charge on any atom is -0.458 e. The van der Waals surface area contributed by atoms with Crippen molar-refractivity contribution in [3.63, 3.8) is 0 Å². The van der Waals surface area contributed by atoms with Gasteiger partial charge in [0.1, 0.15) is 12.9 Å². The molecule has 2 N–H and O–H groups in total. The van der Waals surface area contributed by atoms with Crippen LogP contribution in [0.3, 0.4) is 0 Å². The molecule has 0 amide bonds. The van der Waals surface area contributed by atoms with E-state index in [1.165, 1.54) is 0 Å². The van der Waals surface area contributed by atoms with Gasteiger partial charge in [0.25, 0.3) is 0 Å². The molecule has 0 bridgehead atoms. The Hall–Kier alpha value is -1.20. The van der Waals surface area contributed by atoms with Gasteiger partial charge in [0.05, 0.1) is 16.6 Å². The highest BCUT2D eigenvalue weighted by Gasteiger charge is 2.64. The van der Waals surface area contributed by atoms with Crippen LogP contribution in [0.25, 0.3) is 0 Å². The highest BCUT2D eigenvalue weighted by Crippen LogP contribution is 2.65. The zero-order chi connectivity index (χ0) is 20.2. The summed E-state index contributed by atoms with van der Waals surface area (Å²) in [5.41, 5.74) is -1.88. The van der Waals surface area contributed by atoms with Gasteiger partial charge in [-0.25, -0.2) is 4.79 Å². The Labute approximate surface area is 167 Å². The maximum Gasteiger partial charge on any atom is 0.331 e. The van der Waals surface area contributed by atoms with E-state index in [-0.39, 0.29) is 23.2 Å². The van der Waals surface area contributed by atoms with Crippen molar-refractivity contribution >= 4 is 12.3 Å². The lowest BCUT2D eigenvalue weighted by atomic mass is 9.49. The summed E-state index contributed by atoms with van der Waals surface area (Å²) in [6, 6.07) is 0. The first-order chi connectivity index (χ1) is 13.2. The van der Waals surface area contributed by atoms with E-state index < -0.39 is 16.6 Å². The molecule has 3 aliphatic carbocycles. The van der Waals surface area contributed by atoms with Gasteiger partial charge in [-0.2, -0.15) is 0 Å². The Morgan fingerprint density at radius 1 is 1.18 bits per heavy atom. The average Bonchev–Trinajstić information content (AvgIpc) is 3.22. The predicted molar refractivity (Wildman–Crippen MR) is 104 cm³/mol. The third-order valence-corrected chi connectivity index (χ3v) is 9.23. The van der Waals surface area contributed by atoms with E-state index >= 15 is 0 Å². The first-order valence-corrected chi connectivity index (χ1v) is 11.0. The smallest absolute Gasteiger partial charge is 0.331 e. The summed E-state index contributed by atoms with van der Waals surface area (Å²) in [5.74, 6) is -0.131. The minimum absolute atomic E-state index is 0.00233. The quantitative estimate of drug-likeness (QED) is 0.568. The Balaban J connectivity index is 1.63. The molecule has 156 valence electrons. The second-order valence-electron chi connectivity index (χ2n) is 10.1. The molecule has 0 aromatic heterocycles. The van der Waals surface area contributed by atoms with Crippen molar-refractivity contribution in [3.05, 3.63) is 11.6 Å². The number of carbonyl (C=O) groups is 2. The monoisotopic (exact) mass is 390 g/mol. The van der Waals surface area contributed by atoms with Crippen LogP contribution >= 0.6 is 0 Å². The molecule has 5 nitrogen and oxygen atoms in total. The van der Waals surface area contributed by atoms with E-state index in [2.05, 4.69) is 6.92 Å². The first kappa shape index (κ1) is 20.1. The van der Waals surface area contributed by atoms with Crippen LogP contribution in [-0.2, 0) is 14.3 Å². The third kappa shape index (κ3) is 2.58. The standard InChI is InChI=1S/C23H34O5/c1-3-22(26)9-5-4-8-21(22,15-24)17-6-10-20(2)18(7-11-23(20,27)13-17)16-12-19(25)28-14-16/h12,15,17-18,26-27H,3-11,13-14H2,1-2H3. The Morgan fingerprint density at radius 2 is 1.93 bits per heavy atom. The lowest BCUT2D eigenvalue weighted by molar-refractivity contribution is -0.187. The zero-order valence-corrected chi connectivity index (χ0v) is 17.2. The Kier molecular flexibility index (Phi) is 4.78. The summed E-state index contributed by atoms with van der Waals surface area (Å²) in [4.78, 5) is 24.0. The molecule has 0 radical (unpaired) electrons. The van der Waals surface area contributed by atoms with Crippen LogP contribution in [0.1, 0.15) is 78.1 Å². The van der Waals surface area contributed by atoms with Crippen LogP contribution in [0.2, 0.25) is 0 Å². The number of rotatable bonds is 4. The Morgan fingerprint density at radius 3 is 2.57 bits per heavy atom. The number of carbonyl (C=O) groups excluding carboxylic acids is 2. The fourth-order valence-electron chi connectivity index (χ4n) is 7.32. The number of cyclic esters (lactones) is 1. The van der Waals surface area contributed by atoms with Gasteiger partial charge in [-0.15, -0.1) is 0 Å². The highest BCUT2D eigenvalue weighted by molar-refractivity contribution is 5.85. The molecule has 1 aliphatic heterocycles. The van der Waals surface area contributed by atoms with E-state index in [0.29, 0.717) is 32.3 Å². The van der Waals surface area contributed by atoms with Crippen molar-refractivity contribution < 1.29 is 24.5 Å². The fraction of sp³-hybridized carbons (Fsp3) is 0.826. The number of hydrogen-bond acceptors (Lipinski definition) is 5. The van der Waals surface area contributed by atoms with Gasteiger partial charge >= 0.3 is 5.97 Å². The molecule has 1 heterocycles. The van der Waals surface area contributed by atoms with Crippen LogP contribution in [0.4, 0.5) is 0 Å². The van der Waals surface area contributed by atoms with E-state index in [0.717, 1.165) is 50.4 Å². The van der Waals surface area contributed by atoms with Gasteiger partial charge in [0.15, 0.2) is 0 Å². The summed E-state index contributed by atoms with van der Waals surface area (Å²) >= 11 is 0. The molecule has 0 spiro atoms. The molecule has 0 saturated heterocycles. The maximum atomic E-state index is 12.4. The van der Waals surface area contributed by atoms with Gasteiger partial charge in [-0.1, -0.05) is 26.7 Å². The number of fused-ring (bicyclic) bond motifs is 1. The van der Waals surface area contributed by atoms with Crippen LogP contribution in [0, 0.1) is 22.7 Å².